The minimum Gasteiger partial charge on any atom is -0.507 e. The molecule has 1 saturated heterocycles. The summed E-state index contributed by atoms with van der Waals surface area (Å²) in [7, 11) is 0. The zero-order valence-electron chi connectivity index (χ0n) is 15.3. The zero-order chi connectivity index (χ0) is 20.6. The van der Waals surface area contributed by atoms with Gasteiger partial charge in [-0.2, -0.15) is 0 Å². The minimum atomic E-state index is -1.78. The highest BCUT2D eigenvalue weighted by Crippen LogP contribution is 2.41. The molecule has 2 aromatic heterocycles. The Morgan fingerprint density at radius 3 is 2.82 bits per heavy atom. The number of nitrogens with zero attached hydrogens (tertiary/aromatic N) is 3. The lowest BCUT2D eigenvalue weighted by molar-refractivity contribution is -0.137. The van der Waals surface area contributed by atoms with Crippen molar-refractivity contribution in [1.82, 2.24) is 14.5 Å². The molecule has 0 radical (unpaired) electrons. The van der Waals surface area contributed by atoms with Crippen LogP contribution in [0.15, 0.2) is 18.6 Å². The lowest BCUT2D eigenvalue weighted by Crippen LogP contribution is -2.44. The van der Waals surface area contributed by atoms with Crippen LogP contribution in [-0.4, -0.2) is 72.0 Å². The number of nitrogens with two attached hydrogens (primary N) is 1. The smallest absolute Gasteiger partial charge is 0.334 e. The van der Waals surface area contributed by atoms with Gasteiger partial charge in [0.05, 0.1) is 24.7 Å². The van der Waals surface area contributed by atoms with Crippen LogP contribution in [0.1, 0.15) is 25.6 Å². The maximum Gasteiger partial charge on any atom is 0.334 e. The normalized spacial score (nSPS) is 28.0. The minimum absolute atomic E-state index is 0.0273. The van der Waals surface area contributed by atoms with Crippen LogP contribution in [0.3, 0.4) is 0 Å². The monoisotopic (exact) mass is 394 g/mol. The summed E-state index contributed by atoms with van der Waals surface area (Å²) in [4.78, 5) is 19.7. The molecule has 1 aliphatic heterocycles. The Bertz CT molecular complexity index is 924. The van der Waals surface area contributed by atoms with Gasteiger partial charge in [-0.05, 0) is 13.8 Å². The van der Waals surface area contributed by atoms with E-state index in [1.165, 1.54) is 24.0 Å². The molecule has 0 amide bonds. The molecule has 6 N–H and O–H groups in total. The molecule has 3 rings (SSSR count). The molecule has 0 aliphatic carbocycles. The molecule has 0 spiro atoms. The van der Waals surface area contributed by atoms with Crippen LogP contribution in [0.25, 0.3) is 16.8 Å². The van der Waals surface area contributed by atoms with Gasteiger partial charge >= 0.3 is 5.97 Å². The first kappa shape index (κ1) is 20.0. The van der Waals surface area contributed by atoms with E-state index in [9.17, 15) is 25.2 Å². The molecule has 0 aromatic carbocycles. The summed E-state index contributed by atoms with van der Waals surface area (Å²) >= 11 is 0. The highest BCUT2D eigenvalue weighted by molar-refractivity contribution is 6.00. The standard InChI is InChI=1S/C17H22N4O7/c1-3-27-11(24)4-9(23)8-5-21(15-12(8)14(18)19-7-20-15)16-17(2,26)13(25)10(6-22)28-16/h4-5,7,10,13,16,22-23,25-26H,3,6H2,1-2H3,(H2,18,19,20)/t10-,13-,16?,17+/m1/s1. The maximum absolute atomic E-state index is 11.7. The molecule has 2 aromatic rings. The molecule has 11 heteroatoms. The topological polar surface area (TPSA) is 173 Å². The molecule has 0 bridgehead atoms. The van der Waals surface area contributed by atoms with Crippen molar-refractivity contribution >= 4 is 28.6 Å². The van der Waals surface area contributed by atoms with E-state index < -0.39 is 42.4 Å². The first-order chi connectivity index (χ1) is 13.2. The van der Waals surface area contributed by atoms with Crippen LogP contribution >= 0.6 is 0 Å². The van der Waals surface area contributed by atoms with Crippen molar-refractivity contribution in [3.8, 4) is 0 Å². The van der Waals surface area contributed by atoms with E-state index in [0.29, 0.717) is 0 Å². The maximum atomic E-state index is 11.7. The first-order valence-electron chi connectivity index (χ1n) is 8.57. The molecular weight excluding hydrogens is 372 g/mol. The van der Waals surface area contributed by atoms with Gasteiger partial charge in [0.2, 0.25) is 0 Å². The largest absolute Gasteiger partial charge is 0.507 e. The number of aromatic nitrogens is 3. The Morgan fingerprint density at radius 1 is 1.50 bits per heavy atom. The number of ether oxygens (including phenoxy) is 2. The van der Waals surface area contributed by atoms with Gasteiger partial charge in [-0.25, -0.2) is 14.8 Å². The lowest BCUT2D eigenvalue weighted by Gasteiger charge is -2.27. The van der Waals surface area contributed by atoms with Crippen LogP contribution in [0.4, 0.5) is 5.82 Å². The summed E-state index contributed by atoms with van der Waals surface area (Å²) in [6.07, 6.45) is -0.107. The Hall–Kier alpha value is -2.73. The van der Waals surface area contributed by atoms with Crippen molar-refractivity contribution in [2.45, 2.75) is 37.9 Å². The number of rotatable bonds is 5. The second-order valence-electron chi connectivity index (χ2n) is 6.57. The van der Waals surface area contributed by atoms with Crippen LogP contribution < -0.4 is 5.73 Å². The molecule has 28 heavy (non-hydrogen) atoms. The molecule has 0 saturated carbocycles. The van der Waals surface area contributed by atoms with Crippen molar-refractivity contribution in [3.63, 3.8) is 0 Å². The number of carbonyl (C=O) groups is 1. The predicted molar refractivity (Wildman–Crippen MR) is 96.8 cm³/mol. The van der Waals surface area contributed by atoms with E-state index in [1.54, 1.807) is 6.92 Å². The average molecular weight is 394 g/mol. The molecule has 1 unspecified atom stereocenters. The highest BCUT2D eigenvalue weighted by atomic mass is 16.6. The van der Waals surface area contributed by atoms with Gasteiger partial charge in [0.15, 0.2) is 6.23 Å². The van der Waals surface area contributed by atoms with E-state index >= 15 is 0 Å². The Balaban J connectivity index is 2.16. The van der Waals surface area contributed by atoms with E-state index in [-0.39, 0.29) is 29.0 Å². The quantitative estimate of drug-likeness (QED) is 0.252. The van der Waals surface area contributed by atoms with Crippen LogP contribution in [0.2, 0.25) is 0 Å². The van der Waals surface area contributed by atoms with Gasteiger partial charge in [-0.15, -0.1) is 0 Å². The van der Waals surface area contributed by atoms with Gasteiger partial charge in [0.25, 0.3) is 0 Å². The van der Waals surface area contributed by atoms with E-state index in [2.05, 4.69) is 9.97 Å². The van der Waals surface area contributed by atoms with Gasteiger partial charge in [0, 0.05) is 11.8 Å². The molecule has 1 aliphatic rings. The SMILES string of the molecule is CCOC(=O)C=C(O)c1cn(C2O[C@H](CO)[C@@H](O)[C@]2(C)O)c2ncnc(N)c12. The fourth-order valence-corrected chi connectivity index (χ4v) is 3.24. The Morgan fingerprint density at radius 2 is 2.21 bits per heavy atom. The summed E-state index contributed by atoms with van der Waals surface area (Å²) in [5.41, 5.74) is 4.46. The van der Waals surface area contributed by atoms with Crippen molar-refractivity contribution < 1.29 is 34.7 Å². The molecule has 4 atom stereocenters. The second-order valence-corrected chi connectivity index (χ2v) is 6.57. The summed E-state index contributed by atoms with van der Waals surface area (Å²) in [6.45, 7) is 2.60. The van der Waals surface area contributed by atoms with E-state index in [0.717, 1.165) is 6.08 Å². The fraction of sp³-hybridized carbons (Fsp3) is 0.471. The first-order valence-corrected chi connectivity index (χ1v) is 8.57. The van der Waals surface area contributed by atoms with Crippen LogP contribution in [-0.2, 0) is 14.3 Å². The molecule has 152 valence electrons. The predicted octanol–water partition coefficient (Wildman–Crippen LogP) is -0.523. The third-order valence-electron chi connectivity index (χ3n) is 4.64. The zero-order valence-corrected chi connectivity index (χ0v) is 15.3. The van der Waals surface area contributed by atoms with Crippen molar-refractivity contribution in [1.29, 1.82) is 0 Å². The molecule has 11 nitrogen and oxygen atoms in total. The van der Waals surface area contributed by atoms with Crippen molar-refractivity contribution in [3.05, 3.63) is 24.2 Å². The van der Waals surface area contributed by atoms with Crippen molar-refractivity contribution in [2.24, 2.45) is 0 Å². The fourth-order valence-electron chi connectivity index (χ4n) is 3.24. The number of nitrogen functional groups attached to an aromatic ring is 1. The number of aliphatic hydroxyl groups excluding tert-OH is 3. The Kier molecular flexibility index (Phi) is 5.26. The van der Waals surface area contributed by atoms with E-state index in [1.807, 2.05) is 0 Å². The molecule has 3 heterocycles. The summed E-state index contributed by atoms with van der Waals surface area (Å²) in [6, 6.07) is 0. The summed E-state index contributed by atoms with van der Waals surface area (Å²) in [5.74, 6) is -1.17. The lowest BCUT2D eigenvalue weighted by atomic mass is 9.96. The third-order valence-corrected chi connectivity index (χ3v) is 4.64. The van der Waals surface area contributed by atoms with Gasteiger partial charge in [-0.3, -0.25) is 0 Å². The average Bonchev–Trinajstić information content (AvgIpc) is 3.12. The van der Waals surface area contributed by atoms with Gasteiger partial charge in [0.1, 0.15) is 41.4 Å². The molecule has 1 fully saturated rings. The third kappa shape index (κ3) is 3.18. The molecular formula is C17H22N4O7. The number of anilines is 1. The number of carbonyl (C=O) groups excluding carboxylic acids is 1. The number of esters is 1. The highest BCUT2D eigenvalue weighted by Gasteiger charge is 2.53. The van der Waals surface area contributed by atoms with Crippen LogP contribution in [0.5, 0.6) is 0 Å². The van der Waals surface area contributed by atoms with Gasteiger partial charge in [-0.1, -0.05) is 0 Å². The number of hydrogen-bond acceptors (Lipinski definition) is 10. The summed E-state index contributed by atoms with van der Waals surface area (Å²) in [5, 5.41) is 41.0. The number of aliphatic hydroxyl groups is 4. The summed E-state index contributed by atoms with van der Waals surface area (Å²) < 4.78 is 11.8. The van der Waals surface area contributed by atoms with Gasteiger partial charge < -0.3 is 40.2 Å². The Labute approximate surface area is 159 Å². The number of fused-ring (bicyclic) bond motifs is 1. The van der Waals surface area contributed by atoms with Crippen molar-refractivity contribution in [2.75, 3.05) is 18.9 Å². The van der Waals surface area contributed by atoms with E-state index in [4.69, 9.17) is 15.2 Å². The van der Waals surface area contributed by atoms with Crippen LogP contribution in [0, 0.1) is 0 Å². The second kappa shape index (κ2) is 7.36. The number of hydrogen-bond donors (Lipinski definition) is 5.